The van der Waals surface area contributed by atoms with Crippen LogP contribution >= 0.6 is 11.6 Å². The van der Waals surface area contributed by atoms with Gasteiger partial charge in [-0.2, -0.15) is 0 Å². The second kappa shape index (κ2) is 5.01. The number of hydrogen-bond donors (Lipinski definition) is 2. The van der Waals surface area contributed by atoms with Gasteiger partial charge in [-0.15, -0.1) is 4.83 Å². The molecule has 0 heterocycles. The molecule has 0 saturated carbocycles. The zero-order chi connectivity index (χ0) is 13.2. The highest BCUT2D eigenvalue weighted by atomic mass is 35.5. The number of nitrogens with zero attached hydrogens (tertiary/aromatic N) is 1. The van der Waals surface area contributed by atoms with Crippen molar-refractivity contribution in [3.8, 4) is 0 Å². The van der Waals surface area contributed by atoms with Gasteiger partial charge in [0.25, 0.3) is 10.0 Å². The van der Waals surface area contributed by atoms with Gasteiger partial charge in [0.2, 0.25) is 0 Å². The molecular formula is C9H11ClN2O4S. The molecule has 0 unspecified atom stereocenters. The molecule has 0 aliphatic rings. The van der Waals surface area contributed by atoms with E-state index in [1.807, 2.05) is 0 Å². The second-order valence-corrected chi connectivity index (χ2v) is 5.50. The standard InChI is InChI=1S/C9H11ClN2O4S/c1-12(2)11-17(15,16)6-3-4-7(9(13)14)8(10)5-6/h3-5,11H,1-2H3,(H,13,14). The number of carboxylic acids is 1. The van der Waals surface area contributed by atoms with Gasteiger partial charge in [0, 0.05) is 14.1 Å². The first kappa shape index (κ1) is 13.9. The van der Waals surface area contributed by atoms with Gasteiger partial charge in [0.05, 0.1) is 15.5 Å². The number of carbonyl (C=O) groups is 1. The van der Waals surface area contributed by atoms with Gasteiger partial charge in [-0.05, 0) is 18.2 Å². The molecule has 2 N–H and O–H groups in total. The Balaban J connectivity index is 3.18. The number of benzene rings is 1. The molecule has 0 aromatic heterocycles. The SMILES string of the molecule is CN(C)NS(=O)(=O)c1ccc(C(=O)O)c(Cl)c1. The van der Waals surface area contributed by atoms with E-state index in [9.17, 15) is 13.2 Å². The molecule has 0 radical (unpaired) electrons. The van der Waals surface area contributed by atoms with Crippen molar-refractivity contribution in [1.29, 1.82) is 0 Å². The van der Waals surface area contributed by atoms with Crippen LogP contribution in [0, 0.1) is 0 Å². The van der Waals surface area contributed by atoms with Crippen LogP contribution in [-0.4, -0.2) is 38.6 Å². The fraction of sp³-hybridized carbons (Fsp3) is 0.222. The number of nitrogens with one attached hydrogen (secondary N) is 1. The quantitative estimate of drug-likeness (QED) is 0.795. The Morgan fingerprint density at radius 2 is 2.00 bits per heavy atom. The first-order chi connectivity index (χ1) is 7.74. The smallest absolute Gasteiger partial charge is 0.337 e. The number of sulfonamides is 1. The fourth-order valence-corrected chi connectivity index (χ4v) is 2.56. The maximum atomic E-state index is 11.7. The summed E-state index contributed by atoms with van der Waals surface area (Å²) in [5.74, 6) is -1.21. The summed E-state index contributed by atoms with van der Waals surface area (Å²) in [7, 11) is -0.689. The number of hydrogen-bond acceptors (Lipinski definition) is 4. The average Bonchev–Trinajstić information content (AvgIpc) is 2.14. The Morgan fingerprint density at radius 1 is 1.41 bits per heavy atom. The molecule has 94 valence electrons. The maximum Gasteiger partial charge on any atom is 0.337 e. The fourth-order valence-electron chi connectivity index (χ4n) is 1.13. The molecule has 0 bridgehead atoms. The number of halogens is 1. The van der Waals surface area contributed by atoms with Gasteiger partial charge in [0.15, 0.2) is 0 Å². The van der Waals surface area contributed by atoms with Crippen molar-refractivity contribution in [1.82, 2.24) is 9.84 Å². The third-order valence-electron chi connectivity index (χ3n) is 1.78. The third kappa shape index (κ3) is 3.40. The minimum atomic E-state index is -3.73. The van der Waals surface area contributed by atoms with Crippen LogP contribution in [0.3, 0.4) is 0 Å². The lowest BCUT2D eigenvalue weighted by atomic mass is 10.2. The zero-order valence-electron chi connectivity index (χ0n) is 9.14. The van der Waals surface area contributed by atoms with Crippen LogP contribution in [0.5, 0.6) is 0 Å². The van der Waals surface area contributed by atoms with E-state index in [0.717, 1.165) is 12.1 Å². The van der Waals surface area contributed by atoms with Gasteiger partial charge in [-0.25, -0.2) is 18.2 Å². The lowest BCUT2D eigenvalue weighted by molar-refractivity contribution is 0.0697. The van der Waals surface area contributed by atoms with E-state index < -0.39 is 16.0 Å². The molecule has 17 heavy (non-hydrogen) atoms. The van der Waals surface area contributed by atoms with E-state index in [1.54, 1.807) is 0 Å². The molecule has 8 heteroatoms. The van der Waals surface area contributed by atoms with Crippen molar-refractivity contribution in [2.45, 2.75) is 4.90 Å². The van der Waals surface area contributed by atoms with Gasteiger partial charge in [-0.3, -0.25) is 0 Å². The Morgan fingerprint density at radius 3 is 2.41 bits per heavy atom. The first-order valence-corrected chi connectivity index (χ1v) is 6.33. The van der Waals surface area contributed by atoms with Crippen molar-refractivity contribution in [3.05, 3.63) is 28.8 Å². The minimum absolute atomic E-state index is 0.0961. The topological polar surface area (TPSA) is 86.7 Å². The number of rotatable bonds is 4. The van der Waals surface area contributed by atoms with E-state index in [4.69, 9.17) is 16.7 Å². The summed E-state index contributed by atoms with van der Waals surface area (Å²) in [4.78, 5) is 12.8. The van der Waals surface area contributed by atoms with Crippen LogP contribution in [0.4, 0.5) is 0 Å². The number of carboxylic acid groups (broad SMARTS) is 1. The van der Waals surface area contributed by atoms with Crippen LogP contribution < -0.4 is 4.83 Å². The number of hydrazine groups is 1. The largest absolute Gasteiger partial charge is 0.478 e. The van der Waals surface area contributed by atoms with Crippen LogP contribution in [-0.2, 0) is 10.0 Å². The van der Waals surface area contributed by atoms with Crippen LogP contribution in [0.25, 0.3) is 0 Å². The van der Waals surface area contributed by atoms with Crippen molar-refractivity contribution in [3.63, 3.8) is 0 Å². The maximum absolute atomic E-state index is 11.7. The predicted molar refractivity (Wildman–Crippen MR) is 62.4 cm³/mol. The second-order valence-electron chi connectivity index (χ2n) is 3.44. The molecule has 0 atom stereocenters. The summed E-state index contributed by atoms with van der Waals surface area (Å²) in [6.45, 7) is 0. The summed E-state index contributed by atoms with van der Waals surface area (Å²) >= 11 is 5.68. The lowest BCUT2D eigenvalue weighted by Gasteiger charge is -2.12. The molecular weight excluding hydrogens is 268 g/mol. The number of aromatic carboxylic acids is 1. The lowest BCUT2D eigenvalue weighted by Crippen LogP contribution is -2.36. The van der Waals surface area contributed by atoms with Crippen molar-refractivity contribution in [2.75, 3.05) is 14.1 Å². The monoisotopic (exact) mass is 278 g/mol. The molecule has 0 aliphatic heterocycles. The molecule has 0 spiro atoms. The predicted octanol–water partition coefficient (Wildman–Crippen LogP) is 0.793. The van der Waals surface area contributed by atoms with Crippen LogP contribution in [0.1, 0.15) is 10.4 Å². The van der Waals surface area contributed by atoms with E-state index >= 15 is 0 Å². The van der Waals surface area contributed by atoms with Crippen LogP contribution in [0.15, 0.2) is 23.1 Å². The molecule has 0 amide bonds. The molecule has 6 nitrogen and oxygen atoms in total. The Kier molecular flexibility index (Phi) is 4.10. The Bertz CT molecular complexity index is 542. The molecule has 0 fully saturated rings. The minimum Gasteiger partial charge on any atom is -0.478 e. The van der Waals surface area contributed by atoms with E-state index in [2.05, 4.69) is 4.83 Å². The highest BCUT2D eigenvalue weighted by molar-refractivity contribution is 7.89. The van der Waals surface area contributed by atoms with E-state index in [-0.39, 0.29) is 15.5 Å². The highest BCUT2D eigenvalue weighted by Crippen LogP contribution is 2.20. The van der Waals surface area contributed by atoms with Crippen molar-refractivity contribution in [2.24, 2.45) is 0 Å². The first-order valence-electron chi connectivity index (χ1n) is 4.46. The summed E-state index contributed by atoms with van der Waals surface area (Å²) in [5.41, 5.74) is -0.143. The average molecular weight is 279 g/mol. The molecule has 1 rings (SSSR count). The van der Waals surface area contributed by atoms with E-state index in [0.29, 0.717) is 0 Å². The van der Waals surface area contributed by atoms with Gasteiger partial charge < -0.3 is 5.11 Å². The molecule has 1 aromatic rings. The van der Waals surface area contributed by atoms with E-state index in [1.165, 1.54) is 25.2 Å². The normalized spacial score (nSPS) is 11.8. The Hall–Kier alpha value is -1.15. The zero-order valence-corrected chi connectivity index (χ0v) is 10.7. The third-order valence-corrected chi connectivity index (χ3v) is 3.58. The highest BCUT2D eigenvalue weighted by Gasteiger charge is 2.18. The van der Waals surface area contributed by atoms with Crippen LogP contribution in [0.2, 0.25) is 5.02 Å². The summed E-state index contributed by atoms with van der Waals surface area (Å²) in [6.07, 6.45) is 0. The molecule has 1 aromatic carbocycles. The Labute approximate surface area is 104 Å². The van der Waals surface area contributed by atoms with Crippen molar-refractivity contribution < 1.29 is 18.3 Å². The van der Waals surface area contributed by atoms with Gasteiger partial charge >= 0.3 is 5.97 Å². The molecule has 0 saturated heterocycles. The summed E-state index contributed by atoms with van der Waals surface area (Å²) in [6, 6.07) is 3.42. The summed E-state index contributed by atoms with van der Waals surface area (Å²) in [5, 5.41) is 9.88. The van der Waals surface area contributed by atoms with Gasteiger partial charge in [0.1, 0.15) is 0 Å². The summed E-state index contributed by atoms with van der Waals surface area (Å²) < 4.78 is 23.4. The molecule has 0 aliphatic carbocycles. The van der Waals surface area contributed by atoms with Crippen molar-refractivity contribution >= 4 is 27.6 Å². The van der Waals surface area contributed by atoms with Gasteiger partial charge in [-0.1, -0.05) is 11.6 Å².